The van der Waals surface area contributed by atoms with E-state index in [1.54, 1.807) is 12.7 Å². The van der Waals surface area contributed by atoms with Gasteiger partial charge in [-0.2, -0.15) is 5.10 Å². The average molecular weight is 356 g/mol. The molecule has 8 nitrogen and oxygen atoms in total. The van der Waals surface area contributed by atoms with E-state index in [9.17, 15) is 4.79 Å². The number of nitrogens with zero attached hydrogens (tertiary/aromatic N) is 6. The first kappa shape index (κ1) is 16.8. The maximum absolute atomic E-state index is 12.9. The third kappa shape index (κ3) is 3.50. The predicted octanol–water partition coefficient (Wildman–Crippen LogP) is 0.320. The van der Waals surface area contributed by atoms with Gasteiger partial charge >= 0.3 is 0 Å². The van der Waals surface area contributed by atoms with E-state index in [0.29, 0.717) is 6.54 Å². The van der Waals surface area contributed by atoms with E-state index in [-0.39, 0.29) is 5.91 Å². The quantitative estimate of drug-likeness (QED) is 0.786. The smallest absolute Gasteiger partial charge is 0.265 e. The zero-order chi connectivity index (χ0) is 17.9. The lowest BCUT2D eigenvalue weighted by molar-refractivity contribution is -0.140. The van der Waals surface area contributed by atoms with Gasteiger partial charge in [0.25, 0.3) is 5.91 Å². The summed E-state index contributed by atoms with van der Waals surface area (Å²) in [5.41, 5.74) is 1.04. The summed E-state index contributed by atoms with van der Waals surface area (Å²) in [5.74, 6) is 0.869. The minimum absolute atomic E-state index is 0.0854. The summed E-state index contributed by atoms with van der Waals surface area (Å²) in [6, 6.07) is 7.87. The van der Waals surface area contributed by atoms with E-state index in [1.807, 2.05) is 40.9 Å². The van der Waals surface area contributed by atoms with Crippen molar-refractivity contribution >= 4 is 11.6 Å². The Morgan fingerprint density at radius 3 is 2.77 bits per heavy atom. The van der Waals surface area contributed by atoms with Crippen molar-refractivity contribution in [3.05, 3.63) is 36.9 Å². The van der Waals surface area contributed by atoms with Gasteiger partial charge in [0.1, 0.15) is 18.4 Å². The highest BCUT2D eigenvalue weighted by atomic mass is 16.5. The first-order chi connectivity index (χ1) is 12.7. The summed E-state index contributed by atoms with van der Waals surface area (Å²) in [4.78, 5) is 23.2. The van der Waals surface area contributed by atoms with Crippen LogP contribution < -0.4 is 9.64 Å². The molecule has 0 bridgehead atoms. The Bertz CT molecular complexity index is 742. The van der Waals surface area contributed by atoms with Crippen LogP contribution in [0.2, 0.25) is 0 Å². The van der Waals surface area contributed by atoms with E-state index < -0.39 is 6.10 Å². The molecule has 2 aliphatic heterocycles. The van der Waals surface area contributed by atoms with Crippen LogP contribution >= 0.6 is 0 Å². The maximum atomic E-state index is 12.9. The number of rotatable bonds is 4. The highest BCUT2D eigenvalue weighted by Gasteiger charge is 2.33. The van der Waals surface area contributed by atoms with Crippen LogP contribution in [0.25, 0.3) is 0 Å². The van der Waals surface area contributed by atoms with E-state index >= 15 is 0 Å². The van der Waals surface area contributed by atoms with Crippen LogP contribution in [0.4, 0.5) is 5.69 Å². The molecule has 2 aromatic rings. The molecule has 1 atom stereocenters. The van der Waals surface area contributed by atoms with Crippen LogP contribution in [-0.2, 0) is 11.3 Å². The van der Waals surface area contributed by atoms with Gasteiger partial charge in [0.2, 0.25) is 0 Å². The molecule has 1 saturated heterocycles. The monoisotopic (exact) mass is 356 g/mol. The molecule has 2 aliphatic rings. The second-order valence-corrected chi connectivity index (χ2v) is 6.78. The van der Waals surface area contributed by atoms with Gasteiger partial charge in [0.15, 0.2) is 6.10 Å². The lowest BCUT2D eigenvalue weighted by atomic mass is 10.1. The van der Waals surface area contributed by atoms with Gasteiger partial charge in [0, 0.05) is 39.8 Å². The van der Waals surface area contributed by atoms with E-state index in [2.05, 4.69) is 19.9 Å². The number of aromatic nitrogens is 3. The highest BCUT2D eigenvalue weighted by Crippen LogP contribution is 2.32. The number of likely N-dealkylation sites (N-methyl/N-ethyl adjacent to an activating group) is 1. The molecule has 4 rings (SSSR count). The summed E-state index contributed by atoms with van der Waals surface area (Å²) in [5, 5.41) is 4.12. The van der Waals surface area contributed by atoms with E-state index in [1.165, 1.54) is 0 Å². The Hall–Kier alpha value is -2.61. The minimum Gasteiger partial charge on any atom is -0.477 e. The number of amides is 1. The number of fused-ring (bicyclic) bond motifs is 1. The molecule has 8 heteroatoms. The number of anilines is 1. The van der Waals surface area contributed by atoms with Crippen molar-refractivity contribution in [1.82, 2.24) is 24.6 Å². The molecule has 0 aliphatic carbocycles. The third-order valence-corrected chi connectivity index (χ3v) is 5.06. The Labute approximate surface area is 153 Å². The minimum atomic E-state index is -0.434. The Morgan fingerprint density at radius 2 is 2.00 bits per heavy atom. The molecule has 0 radical (unpaired) electrons. The topological polar surface area (TPSA) is 66.7 Å². The average Bonchev–Trinajstić information content (AvgIpc) is 3.20. The first-order valence-electron chi connectivity index (χ1n) is 9.01. The molecular formula is C18H24N6O2. The molecule has 0 saturated carbocycles. The zero-order valence-electron chi connectivity index (χ0n) is 15.0. The number of carbonyl (C=O) groups is 1. The second kappa shape index (κ2) is 7.33. The van der Waals surface area contributed by atoms with Crippen LogP contribution in [0.1, 0.15) is 0 Å². The van der Waals surface area contributed by atoms with Crippen molar-refractivity contribution in [2.24, 2.45) is 0 Å². The van der Waals surface area contributed by atoms with Gasteiger partial charge in [-0.1, -0.05) is 12.1 Å². The number of benzene rings is 1. The molecule has 1 fully saturated rings. The van der Waals surface area contributed by atoms with Crippen molar-refractivity contribution in [3.63, 3.8) is 0 Å². The highest BCUT2D eigenvalue weighted by molar-refractivity contribution is 5.83. The van der Waals surface area contributed by atoms with Gasteiger partial charge in [-0.3, -0.25) is 14.4 Å². The van der Waals surface area contributed by atoms with Gasteiger partial charge in [-0.05, 0) is 12.1 Å². The molecule has 26 heavy (non-hydrogen) atoms. The van der Waals surface area contributed by atoms with Crippen LogP contribution in [0.3, 0.4) is 0 Å². The normalized spacial score (nSPS) is 20.6. The molecule has 3 heterocycles. The van der Waals surface area contributed by atoms with Gasteiger partial charge < -0.3 is 14.5 Å². The van der Waals surface area contributed by atoms with Gasteiger partial charge in [-0.15, -0.1) is 0 Å². The number of para-hydroxylation sites is 2. The fourth-order valence-corrected chi connectivity index (χ4v) is 3.53. The zero-order valence-corrected chi connectivity index (χ0v) is 15.0. The predicted molar refractivity (Wildman–Crippen MR) is 97.2 cm³/mol. The fourth-order valence-electron chi connectivity index (χ4n) is 3.53. The van der Waals surface area contributed by atoms with Crippen LogP contribution in [-0.4, -0.2) is 82.9 Å². The van der Waals surface area contributed by atoms with E-state index in [0.717, 1.165) is 50.7 Å². The lowest BCUT2D eigenvalue weighted by Gasteiger charge is -2.39. The summed E-state index contributed by atoms with van der Waals surface area (Å²) in [6.07, 6.45) is 2.85. The van der Waals surface area contributed by atoms with Gasteiger partial charge in [-0.25, -0.2) is 4.98 Å². The summed E-state index contributed by atoms with van der Waals surface area (Å²) in [7, 11) is 2.00. The maximum Gasteiger partial charge on any atom is 0.265 e. The molecule has 1 aromatic carbocycles. The third-order valence-electron chi connectivity index (χ3n) is 5.06. The van der Waals surface area contributed by atoms with Crippen molar-refractivity contribution in [3.8, 4) is 5.75 Å². The lowest BCUT2D eigenvalue weighted by Crippen LogP contribution is -2.55. The number of carbonyl (C=O) groups excluding carboxylic acids is 1. The summed E-state index contributed by atoms with van der Waals surface area (Å²) >= 11 is 0. The van der Waals surface area contributed by atoms with Crippen LogP contribution in [0.15, 0.2) is 36.9 Å². The molecule has 0 N–H and O–H groups in total. The summed E-state index contributed by atoms with van der Waals surface area (Å²) < 4.78 is 7.81. The number of ether oxygens (including phenoxy) is 1. The molecular weight excluding hydrogens is 332 g/mol. The number of piperazine rings is 1. The van der Waals surface area contributed by atoms with Crippen molar-refractivity contribution in [2.75, 3.05) is 51.2 Å². The first-order valence-corrected chi connectivity index (χ1v) is 9.01. The molecule has 0 spiro atoms. The standard InChI is InChI=1S/C18H24N6O2/c1-21-12-17(26-16-5-3-2-4-15(16)21)18(25)23-9-6-22(7-10-23)8-11-24-14-19-13-20-24/h2-5,13-14,17H,6-12H2,1H3. The Kier molecular flexibility index (Phi) is 4.75. The molecule has 138 valence electrons. The van der Waals surface area contributed by atoms with Crippen LogP contribution in [0, 0.1) is 0 Å². The van der Waals surface area contributed by atoms with Crippen molar-refractivity contribution < 1.29 is 9.53 Å². The summed E-state index contributed by atoms with van der Waals surface area (Å²) in [6.45, 7) is 5.55. The Balaban J connectivity index is 1.30. The van der Waals surface area contributed by atoms with Gasteiger partial charge in [0.05, 0.1) is 18.8 Å². The van der Waals surface area contributed by atoms with Crippen molar-refractivity contribution in [2.45, 2.75) is 12.6 Å². The molecule has 1 aromatic heterocycles. The number of hydrogen-bond acceptors (Lipinski definition) is 6. The molecule has 1 unspecified atom stereocenters. The van der Waals surface area contributed by atoms with E-state index in [4.69, 9.17) is 4.74 Å². The van der Waals surface area contributed by atoms with Crippen LogP contribution in [0.5, 0.6) is 5.75 Å². The molecule has 1 amide bonds. The van der Waals surface area contributed by atoms with Crippen molar-refractivity contribution in [1.29, 1.82) is 0 Å². The number of hydrogen-bond donors (Lipinski definition) is 0. The second-order valence-electron chi connectivity index (χ2n) is 6.78. The largest absolute Gasteiger partial charge is 0.477 e. The Morgan fingerprint density at radius 1 is 1.19 bits per heavy atom. The SMILES string of the molecule is CN1CC(C(=O)N2CCN(CCn3cncn3)CC2)Oc2ccccc21. The fraction of sp³-hybridized carbons (Fsp3) is 0.500.